The summed E-state index contributed by atoms with van der Waals surface area (Å²) in [7, 11) is 0. The number of hydrogen-bond acceptors (Lipinski definition) is 5. The minimum atomic E-state index is -1.28. The van der Waals surface area contributed by atoms with Gasteiger partial charge in [-0.05, 0) is 70.1 Å². The number of carbonyl (C=O) groups excluding carboxylic acids is 2. The van der Waals surface area contributed by atoms with Gasteiger partial charge in [0.05, 0.1) is 6.26 Å². The summed E-state index contributed by atoms with van der Waals surface area (Å²) in [5.74, 6) is 1.87. The van der Waals surface area contributed by atoms with Crippen LogP contribution in [0.15, 0.2) is 77.0 Å². The van der Waals surface area contributed by atoms with E-state index in [2.05, 4.69) is 42.9 Å². The first-order valence-corrected chi connectivity index (χ1v) is 14.6. The number of rotatable bonds is 13. The maximum Gasteiger partial charge on any atom is 0.241 e. The molecule has 1 saturated carbocycles. The van der Waals surface area contributed by atoms with Crippen LogP contribution < -0.4 is 5.73 Å². The number of ether oxygens (including phenoxy) is 1. The number of aliphatic imine (C=N–C) groups is 1. The summed E-state index contributed by atoms with van der Waals surface area (Å²) in [5.41, 5.74) is 11.0. The topological polar surface area (TPSA) is 84.8 Å². The van der Waals surface area contributed by atoms with E-state index in [0.717, 1.165) is 47.6 Å². The molecule has 2 N–H and O–H groups in total. The highest BCUT2D eigenvalue weighted by atomic mass is 16.5. The molecule has 6 nitrogen and oxygen atoms in total. The van der Waals surface area contributed by atoms with E-state index in [0.29, 0.717) is 23.5 Å². The number of carbonyl (C=O) groups is 2. The Morgan fingerprint density at radius 1 is 1.07 bits per heavy atom. The second kappa shape index (κ2) is 13.0. The van der Waals surface area contributed by atoms with Crippen molar-refractivity contribution in [1.82, 2.24) is 0 Å². The highest BCUT2D eigenvalue weighted by molar-refractivity contribution is 6.48. The molecule has 220 valence electrons. The molecule has 41 heavy (non-hydrogen) atoms. The third-order valence-electron chi connectivity index (χ3n) is 8.40. The van der Waals surface area contributed by atoms with Crippen molar-refractivity contribution >= 4 is 29.7 Å². The molecule has 0 aromatic heterocycles. The number of nitrogens with two attached hydrogens (primary N) is 1. The van der Waals surface area contributed by atoms with Crippen LogP contribution in [0.5, 0.6) is 0 Å². The van der Waals surface area contributed by atoms with E-state index in [-0.39, 0.29) is 11.6 Å². The van der Waals surface area contributed by atoms with E-state index in [1.54, 1.807) is 20.1 Å². The van der Waals surface area contributed by atoms with Crippen LogP contribution in [0.3, 0.4) is 0 Å². The minimum Gasteiger partial charge on any atom is -0.469 e. The van der Waals surface area contributed by atoms with E-state index >= 15 is 0 Å². The molecule has 6 heteroatoms. The Hall–Kier alpha value is -3.54. The van der Waals surface area contributed by atoms with Crippen LogP contribution in [0, 0.1) is 22.7 Å². The number of hydrogen-bond donors (Lipinski definition) is 1. The lowest BCUT2D eigenvalue weighted by Gasteiger charge is -2.29. The molecule has 1 unspecified atom stereocenters. The van der Waals surface area contributed by atoms with Gasteiger partial charge >= 0.3 is 0 Å². The Bertz CT molecular complexity index is 1340. The zero-order valence-electron chi connectivity index (χ0n) is 26.0. The zero-order chi connectivity index (χ0) is 30.5. The fourth-order valence-electron chi connectivity index (χ4n) is 6.05. The average molecular weight is 559 g/mol. The van der Waals surface area contributed by atoms with Crippen molar-refractivity contribution in [2.24, 2.45) is 33.4 Å². The summed E-state index contributed by atoms with van der Waals surface area (Å²) in [6.45, 7) is 22.6. The Morgan fingerprint density at radius 2 is 1.71 bits per heavy atom. The molecule has 1 aromatic rings. The highest BCUT2D eigenvalue weighted by Crippen LogP contribution is 2.39. The Balaban J connectivity index is 1.96. The fraction of sp³-hybridized carbons (Fsp3) is 0.486. The first-order chi connectivity index (χ1) is 19.2. The van der Waals surface area contributed by atoms with Crippen molar-refractivity contribution in [1.29, 1.82) is 0 Å². The molecule has 1 aliphatic carbocycles. The standard InChI is InChI=1S/C35H48N3O3/c1-23(2)31(35(9,22-40)27(6)41-20-25(4)18-34(7,8)21-39)33(36)37-26(5)32-29-12-10-11-13-30(29)38(32)19-28-16-14-24(3)15-17-28/h10-13,20-22,24,28H,1,6,14-19,36H2,2-5,7-9H3/q+1/b25-20+,33-31+,37-26+. The van der Waals surface area contributed by atoms with Crippen molar-refractivity contribution < 1.29 is 18.9 Å². The summed E-state index contributed by atoms with van der Waals surface area (Å²) in [4.78, 5) is 28.8. The van der Waals surface area contributed by atoms with Crippen LogP contribution in [0.25, 0.3) is 0 Å². The van der Waals surface area contributed by atoms with E-state index in [9.17, 15) is 9.59 Å². The van der Waals surface area contributed by atoms with E-state index < -0.39 is 10.8 Å². The molecule has 0 bridgehead atoms. The molecule has 3 rings (SSSR count). The lowest BCUT2D eigenvalue weighted by molar-refractivity contribution is -0.460. The summed E-state index contributed by atoms with van der Waals surface area (Å²) in [6.07, 6.45) is 8.80. The van der Waals surface area contributed by atoms with Gasteiger partial charge < -0.3 is 20.1 Å². The number of nitrogens with zero attached hydrogens (tertiary/aromatic N) is 2. The molecular weight excluding hydrogens is 510 g/mol. The highest BCUT2D eigenvalue weighted by Gasteiger charge is 2.40. The molecule has 0 radical (unpaired) electrons. The number of allylic oxidation sites excluding steroid dienone is 3. The number of aldehydes is 2. The SMILES string of the molecule is C=C(C)/C(=C(N)\N=C(/C)C1=[N+](CC2CCC(C)CC2)c2ccccc21)C(C)(C=O)C(=C)O/C=C(\C)CC(C)(C)C=O. The second-order valence-electron chi connectivity index (χ2n) is 12.9. The predicted molar refractivity (Wildman–Crippen MR) is 168 cm³/mol. The summed E-state index contributed by atoms with van der Waals surface area (Å²) >= 11 is 0. The fourth-order valence-corrected chi connectivity index (χ4v) is 6.05. The summed E-state index contributed by atoms with van der Waals surface area (Å²) < 4.78 is 8.25. The van der Waals surface area contributed by atoms with Gasteiger partial charge in [0.1, 0.15) is 40.8 Å². The molecule has 1 atom stereocenters. The smallest absolute Gasteiger partial charge is 0.241 e. The van der Waals surface area contributed by atoms with Gasteiger partial charge in [-0.3, -0.25) is 0 Å². The third kappa shape index (κ3) is 7.22. The van der Waals surface area contributed by atoms with E-state index in [1.165, 1.54) is 31.4 Å². The predicted octanol–water partition coefficient (Wildman–Crippen LogP) is 7.42. The minimum absolute atomic E-state index is 0.208. The number of fused-ring (bicyclic) bond motifs is 1. The van der Waals surface area contributed by atoms with Crippen molar-refractivity contribution in [3.05, 3.63) is 77.5 Å². The molecular formula is C35H48N3O3+. The second-order valence-corrected chi connectivity index (χ2v) is 12.9. The average Bonchev–Trinajstić information content (AvgIpc) is 2.90. The lowest BCUT2D eigenvalue weighted by atomic mass is 9.78. The Morgan fingerprint density at radius 3 is 2.29 bits per heavy atom. The molecule has 1 aromatic carbocycles. The van der Waals surface area contributed by atoms with Crippen LogP contribution in [0.1, 0.15) is 86.1 Å². The Labute approximate surface area is 246 Å². The molecule has 0 spiro atoms. The quantitative estimate of drug-likeness (QED) is 0.0897. The molecule has 2 aliphatic rings. The molecule has 0 saturated heterocycles. The number of benzene rings is 1. The molecule has 1 fully saturated rings. The van der Waals surface area contributed by atoms with Crippen molar-refractivity contribution in [3.63, 3.8) is 0 Å². The van der Waals surface area contributed by atoms with Gasteiger partial charge in [-0.15, -0.1) is 0 Å². The molecule has 1 aliphatic heterocycles. The van der Waals surface area contributed by atoms with Crippen LogP contribution >= 0.6 is 0 Å². The monoisotopic (exact) mass is 558 g/mol. The van der Waals surface area contributed by atoms with Crippen LogP contribution in [0.4, 0.5) is 5.69 Å². The first-order valence-electron chi connectivity index (χ1n) is 14.6. The number of para-hydroxylation sites is 1. The van der Waals surface area contributed by atoms with Gasteiger partial charge in [-0.1, -0.05) is 58.9 Å². The first kappa shape index (κ1) is 32.0. The van der Waals surface area contributed by atoms with Gasteiger partial charge in [-0.2, -0.15) is 4.58 Å². The van der Waals surface area contributed by atoms with Crippen LogP contribution in [-0.2, 0) is 14.3 Å². The van der Waals surface area contributed by atoms with Gasteiger partial charge in [0.25, 0.3) is 0 Å². The molecule has 1 heterocycles. The summed E-state index contributed by atoms with van der Waals surface area (Å²) in [5, 5.41) is 0. The van der Waals surface area contributed by atoms with Gasteiger partial charge in [-0.25, -0.2) is 4.99 Å². The van der Waals surface area contributed by atoms with E-state index in [4.69, 9.17) is 15.5 Å². The zero-order valence-corrected chi connectivity index (χ0v) is 26.0. The van der Waals surface area contributed by atoms with Gasteiger partial charge in [0.2, 0.25) is 11.4 Å². The van der Waals surface area contributed by atoms with Crippen LogP contribution in [-0.4, -0.2) is 35.1 Å². The van der Waals surface area contributed by atoms with Crippen molar-refractivity contribution in [3.8, 4) is 0 Å². The van der Waals surface area contributed by atoms with E-state index in [1.807, 2.05) is 33.8 Å². The maximum absolute atomic E-state index is 12.6. The maximum atomic E-state index is 12.6. The lowest BCUT2D eigenvalue weighted by Crippen LogP contribution is -2.37. The van der Waals surface area contributed by atoms with Gasteiger partial charge in [0, 0.05) is 23.0 Å². The van der Waals surface area contributed by atoms with Gasteiger partial charge in [0.15, 0.2) is 6.54 Å². The Kier molecular flexibility index (Phi) is 10.1. The van der Waals surface area contributed by atoms with Crippen molar-refractivity contribution in [2.45, 2.75) is 80.6 Å². The largest absolute Gasteiger partial charge is 0.469 e. The summed E-state index contributed by atoms with van der Waals surface area (Å²) in [6, 6.07) is 8.39. The molecule has 0 amide bonds. The normalized spacial score (nSPS) is 21.6. The van der Waals surface area contributed by atoms with Crippen molar-refractivity contribution in [2.75, 3.05) is 6.54 Å². The van der Waals surface area contributed by atoms with Crippen LogP contribution in [0.2, 0.25) is 0 Å². The third-order valence-corrected chi connectivity index (χ3v) is 8.40.